The first kappa shape index (κ1) is 33.2. The number of H-pyrrole nitrogens is 1. The lowest BCUT2D eigenvalue weighted by atomic mass is 10.0. The summed E-state index contributed by atoms with van der Waals surface area (Å²) in [5.41, 5.74) is 1.08. The summed E-state index contributed by atoms with van der Waals surface area (Å²) in [4.78, 5) is 57.8. The first-order valence-electron chi connectivity index (χ1n) is 14.8. The van der Waals surface area contributed by atoms with Gasteiger partial charge in [-0.3, -0.25) is 14.4 Å². The molecule has 0 spiro atoms. The van der Waals surface area contributed by atoms with Crippen LogP contribution in [0.2, 0.25) is 5.02 Å². The Morgan fingerprint density at radius 1 is 1.17 bits per heavy atom. The molecule has 1 fully saturated rings. The Bertz CT molecular complexity index is 1820. The molecule has 3 heterocycles. The third kappa shape index (κ3) is 7.99. The number of halogens is 2. The monoisotopic (exact) mass is 665 g/mol. The maximum absolute atomic E-state index is 15.0. The number of likely N-dealkylation sites (tertiary alicyclic amines) is 1. The van der Waals surface area contributed by atoms with Gasteiger partial charge in [0.25, 0.3) is 0 Å². The molecule has 2 aromatic heterocycles. The number of benzene rings is 2. The minimum atomic E-state index is -1.14. The molecule has 1 atom stereocenters. The highest BCUT2D eigenvalue weighted by Crippen LogP contribution is 2.26. The summed E-state index contributed by atoms with van der Waals surface area (Å²) in [5, 5.41) is 25.9. The van der Waals surface area contributed by atoms with Crippen LogP contribution in [0.25, 0.3) is 22.7 Å². The normalized spacial score (nSPS) is 14.5. The molecule has 0 bridgehead atoms. The zero-order valence-corrected chi connectivity index (χ0v) is 26.4. The topological polar surface area (TPSA) is 178 Å². The van der Waals surface area contributed by atoms with Gasteiger partial charge < -0.3 is 30.5 Å². The quantitative estimate of drug-likeness (QED) is 0.175. The number of hydrogen-bond acceptors (Lipinski definition) is 8. The number of fused-ring (bicyclic) bond motifs is 1. The highest BCUT2D eigenvalue weighted by molar-refractivity contribution is 6.31. The number of carboxylic acids is 1. The number of anilines is 1. The van der Waals surface area contributed by atoms with E-state index in [0.29, 0.717) is 35.7 Å². The van der Waals surface area contributed by atoms with E-state index in [0.717, 1.165) is 18.9 Å². The maximum atomic E-state index is 15.0. The van der Waals surface area contributed by atoms with Crippen LogP contribution in [-0.2, 0) is 14.4 Å². The minimum Gasteiger partial charge on any atom is -0.477 e. The molecule has 14 nitrogen and oxygen atoms in total. The molecule has 4 N–H and O–H groups in total. The summed E-state index contributed by atoms with van der Waals surface area (Å²) in [6.07, 6.45) is 5.17. The lowest BCUT2D eigenvalue weighted by molar-refractivity contribution is -0.133. The maximum Gasteiger partial charge on any atom is 0.352 e. The third-order valence-corrected chi connectivity index (χ3v) is 8.34. The van der Waals surface area contributed by atoms with E-state index in [4.69, 9.17) is 11.6 Å². The molecular weight excluding hydrogens is 633 g/mol. The van der Waals surface area contributed by atoms with Crippen LogP contribution in [0.4, 0.5) is 10.1 Å². The third-order valence-electron chi connectivity index (χ3n) is 8.05. The van der Waals surface area contributed by atoms with Crippen LogP contribution < -0.4 is 10.6 Å². The van der Waals surface area contributed by atoms with Crippen LogP contribution in [0.1, 0.15) is 41.7 Å². The number of piperidine rings is 1. The van der Waals surface area contributed by atoms with E-state index in [1.165, 1.54) is 35.3 Å². The fourth-order valence-electron chi connectivity index (χ4n) is 5.45. The number of nitrogens with zero attached hydrogens (tertiary/aromatic N) is 6. The molecule has 4 aromatic rings. The number of aromatic nitrogens is 5. The fraction of sp³-hybridized carbons (Fsp3) is 0.323. The lowest BCUT2D eigenvalue weighted by Crippen LogP contribution is -2.46. The number of nitrogens with one attached hydrogen (secondary N) is 3. The Balaban J connectivity index is 1.32. The van der Waals surface area contributed by atoms with Gasteiger partial charge in [-0.2, -0.15) is 4.68 Å². The fourth-order valence-corrected chi connectivity index (χ4v) is 5.61. The second kappa shape index (κ2) is 14.5. The molecular formula is C31H33ClFN9O5. The van der Waals surface area contributed by atoms with Crippen molar-refractivity contribution in [2.24, 2.45) is 0 Å². The van der Waals surface area contributed by atoms with Crippen LogP contribution >= 0.6 is 11.6 Å². The molecule has 1 saturated heterocycles. The zero-order valence-electron chi connectivity index (χ0n) is 25.6. The van der Waals surface area contributed by atoms with Crippen LogP contribution in [0, 0.1) is 5.82 Å². The SMILES string of the molecule is CN(C)C1CCN(C(=O)CCC(NC(=O)C=Cc2c(-n3cnnn3)ccc(Cl)c2F)C(=O)Nc2ccc3[nH]c(C(=O)O)cc3c2)CC1. The Morgan fingerprint density at radius 2 is 1.94 bits per heavy atom. The number of carbonyl (C=O) groups excluding carboxylic acids is 3. The van der Waals surface area contributed by atoms with Crippen molar-refractivity contribution >= 4 is 58.0 Å². The number of carboxylic acid groups (broad SMARTS) is 1. The van der Waals surface area contributed by atoms with Crippen molar-refractivity contribution in [3.05, 3.63) is 70.9 Å². The van der Waals surface area contributed by atoms with E-state index in [2.05, 4.69) is 36.0 Å². The van der Waals surface area contributed by atoms with E-state index < -0.39 is 29.6 Å². The molecule has 2 aromatic carbocycles. The van der Waals surface area contributed by atoms with E-state index in [9.17, 15) is 24.3 Å². The smallest absolute Gasteiger partial charge is 0.352 e. The molecule has 3 amide bonds. The summed E-state index contributed by atoms with van der Waals surface area (Å²) >= 11 is 5.98. The molecule has 0 saturated carbocycles. The van der Waals surface area contributed by atoms with Gasteiger partial charge in [0.2, 0.25) is 17.7 Å². The van der Waals surface area contributed by atoms with E-state index in [1.54, 1.807) is 23.1 Å². The Kier molecular flexibility index (Phi) is 10.3. The molecule has 246 valence electrons. The molecule has 47 heavy (non-hydrogen) atoms. The molecule has 1 unspecified atom stereocenters. The number of amides is 3. The van der Waals surface area contributed by atoms with Crippen molar-refractivity contribution in [3.63, 3.8) is 0 Å². The van der Waals surface area contributed by atoms with Crippen LogP contribution in [-0.4, -0.2) is 103 Å². The van der Waals surface area contributed by atoms with Gasteiger partial charge in [-0.25, -0.2) is 9.18 Å². The average Bonchev–Trinajstić information content (AvgIpc) is 3.74. The van der Waals surface area contributed by atoms with Crippen molar-refractivity contribution in [2.45, 2.75) is 37.8 Å². The van der Waals surface area contributed by atoms with Crippen molar-refractivity contribution in [1.29, 1.82) is 0 Å². The van der Waals surface area contributed by atoms with Gasteiger partial charge >= 0.3 is 5.97 Å². The summed E-state index contributed by atoms with van der Waals surface area (Å²) < 4.78 is 16.2. The molecule has 1 aliphatic heterocycles. The van der Waals surface area contributed by atoms with Gasteiger partial charge in [-0.1, -0.05) is 11.6 Å². The zero-order chi connectivity index (χ0) is 33.7. The van der Waals surface area contributed by atoms with Gasteiger partial charge in [0, 0.05) is 53.8 Å². The largest absolute Gasteiger partial charge is 0.477 e. The Morgan fingerprint density at radius 3 is 2.62 bits per heavy atom. The van der Waals surface area contributed by atoms with Crippen molar-refractivity contribution in [1.82, 2.24) is 40.3 Å². The van der Waals surface area contributed by atoms with Crippen molar-refractivity contribution < 1.29 is 28.7 Å². The molecule has 0 radical (unpaired) electrons. The first-order valence-corrected chi connectivity index (χ1v) is 15.2. The van der Waals surface area contributed by atoms with E-state index >= 15 is 4.39 Å². The predicted molar refractivity (Wildman–Crippen MR) is 171 cm³/mol. The summed E-state index contributed by atoms with van der Waals surface area (Å²) in [5.74, 6) is -3.37. The van der Waals surface area contributed by atoms with Crippen LogP contribution in [0.3, 0.4) is 0 Å². The van der Waals surface area contributed by atoms with E-state index in [-0.39, 0.29) is 40.7 Å². The Labute approximate surface area is 273 Å². The second-order valence-corrected chi connectivity index (χ2v) is 11.7. The summed E-state index contributed by atoms with van der Waals surface area (Å²) in [6, 6.07) is 8.31. The summed E-state index contributed by atoms with van der Waals surface area (Å²) in [6.45, 7) is 1.19. The Hall–Kier alpha value is -5.15. The number of tetrazole rings is 1. The lowest BCUT2D eigenvalue weighted by Gasteiger charge is -2.35. The van der Waals surface area contributed by atoms with Crippen LogP contribution in [0.5, 0.6) is 0 Å². The van der Waals surface area contributed by atoms with Gasteiger partial charge in [0.15, 0.2) is 5.82 Å². The number of rotatable bonds is 11. The highest BCUT2D eigenvalue weighted by Gasteiger charge is 2.27. The molecule has 0 aliphatic carbocycles. The predicted octanol–water partition coefficient (Wildman–Crippen LogP) is 3.10. The van der Waals surface area contributed by atoms with Gasteiger partial charge in [0.1, 0.15) is 18.1 Å². The van der Waals surface area contributed by atoms with Gasteiger partial charge in [-0.15, -0.1) is 5.10 Å². The molecule has 16 heteroatoms. The number of aromatic carboxylic acids is 1. The highest BCUT2D eigenvalue weighted by atomic mass is 35.5. The average molecular weight is 666 g/mol. The first-order chi connectivity index (χ1) is 22.5. The number of aromatic amines is 1. The molecule has 5 rings (SSSR count). The van der Waals surface area contributed by atoms with Crippen LogP contribution in [0.15, 0.2) is 48.8 Å². The van der Waals surface area contributed by atoms with Crippen molar-refractivity contribution in [3.8, 4) is 5.69 Å². The van der Waals surface area contributed by atoms with Crippen molar-refractivity contribution in [2.75, 3.05) is 32.5 Å². The van der Waals surface area contributed by atoms with Gasteiger partial charge in [-0.05, 0) is 86.3 Å². The second-order valence-electron chi connectivity index (χ2n) is 11.3. The summed E-state index contributed by atoms with van der Waals surface area (Å²) in [7, 11) is 4.02. The number of hydrogen-bond donors (Lipinski definition) is 4. The number of carbonyl (C=O) groups is 4. The van der Waals surface area contributed by atoms with E-state index in [1.807, 2.05) is 14.1 Å². The molecule has 1 aliphatic rings. The van der Waals surface area contributed by atoms with Gasteiger partial charge in [0.05, 0.1) is 10.7 Å². The standard InChI is InChI=1S/C31H33ClFN9O5/c1-40(2)20-11-13-41(14-12-20)28(44)10-7-24(30(45)35-19-3-6-23-18(15-19)16-25(36-23)31(46)47)37-27(43)9-4-21-26(42-17-34-38-39-42)8-5-22(32)29(21)33/h3-6,8-9,15-17,20,24,36H,7,10-14H2,1-2H3,(H,35,45)(H,37,43)(H,46,47). The minimum absolute atomic E-state index is 0.000102.